The molecule has 0 aliphatic heterocycles. The second-order valence-electron chi connectivity index (χ2n) is 3.71. The van der Waals surface area contributed by atoms with Crippen LogP contribution in [-0.4, -0.2) is 6.04 Å². The summed E-state index contributed by atoms with van der Waals surface area (Å²) < 4.78 is 13.5. The van der Waals surface area contributed by atoms with Gasteiger partial charge in [-0.2, -0.15) is 5.26 Å². The third-order valence-corrected chi connectivity index (χ3v) is 2.66. The molecule has 14 heavy (non-hydrogen) atoms. The minimum Gasteiger partial charge on any atom is -0.327 e. The van der Waals surface area contributed by atoms with Crippen LogP contribution in [0, 0.1) is 17.1 Å². The number of benzene rings is 1. The molecule has 0 spiro atoms. The predicted molar refractivity (Wildman–Crippen MR) is 51.1 cm³/mol. The number of halogens is 1. The molecule has 0 fully saturated rings. The fourth-order valence-electron chi connectivity index (χ4n) is 1.93. The number of nitrogens with zero attached hydrogens (tertiary/aromatic N) is 1. The van der Waals surface area contributed by atoms with Crippen LogP contribution < -0.4 is 5.73 Å². The Bertz CT molecular complexity index is 406. The van der Waals surface area contributed by atoms with Crippen LogP contribution in [0.1, 0.15) is 23.1 Å². The maximum Gasteiger partial charge on any atom is 0.127 e. The van der Waals surface area contributed by atoms with Gasteiger partial charge in [-0.25, -0.2) is 4.39 Å². The lowest BCUT2D eigenvalue weighted by Crippen LogP contribution is -2.28. The highest BCUT2D eigenvalue weighted by Crippen LogP contribution is 2.24. The van der Waals surface area contributed by atoms with Crippen molar-refractivity contribution in [2.75, 3.05) is 0 Å². The van der Waals surface area contributed by atoms with E-state index < -0.39 is 0 Å². The highest BCUT2D eigenvalue weighted by Gasteiger charge is 2.19. The molecule has 3 heteroatoms. The van der Waals surface area contributed by atoms with Crippen LogP contribution >= 0.6 is 0 Å². The van der Waals surface area contributed by atoms with Gasteiger partial charge in [-0.15, -0.1) is 0 Å². The quantitative estimate of drug-likeness (QED) is 0.674. The maximum absolute atomic E-state index is 13.5. The Labute approximate surface area is 82.1 Å². The van der Waals surface area contributed by atoms with Crippen molar-refractivity contribution in [1.29, 1.82) is 5.26 Å². The van der Waals surface area contributed by atoms with E-state index in [9.17, 15) is 4.39 Å². The Morgan fingerprint density at radius 1 is 1.50 bits per heavy atom. The molecule has 1 atom stereocenters. The predicted octanol–water partition coefficient (Wildman–Crippen LogP) is 1.51. The van der Waals surface area contributed by atoms with Crippen LogP contribution in [0.25, 0.3) is 0 Å². The molecule has 0 heterocycles. The second-order valence-corrected chi connectivity index (χ2v) is 3.71. The van der Waals surface area contributed by atoms with Gasteiger partial charge in [-0.05, 0) is 42.5 Å². The molecule has 1 aromatic carbocycles. The third-order valence-electron chi connectivity index (χ3n) is 2.66. The summed E-state index contributed by atoms with van der Waals surface area (Å²) in [5.74, 6) is -0.258. The molecule has 2 nitrogen and oxygen atoms in total. The molecule has 0 bridgehead atoms. The monoisotopic (exact) mass is 190 g/mol. The smallest absolute Gasteiger partial charge is 0.127 e. The van der Waals surface area contributed by atoms with Crippen LogP contribution in [0.3, 0.4) is 0 Å². The molecule has 72 valence electrons. The van der Waals surface area contributed by atoms with Gasteiger partial charge in [0.1, 0.15) is 5.82 Å². The van der Waals surface area contributed by atoms with Crippen molar-refractivity contribution in [1.82, 2.24) is 0 Å². The van der Waals surface area contributed by atoms with Gasteiger partial charge in [0.25, 0.3) is 0 Å². The first-order valence-electron chi connectivity index (χ1n) is 4.67. The zero-order valence-electron chi connectivity index (χ0n) is 7.76. The first-order valence-corrected chi connectivity index (χ1v) is 4.67. The molecule has 0 saturated carbocycles. The third kappa shape index (κ3) is 1.49. The fourth-order valence-corrected chi connectivity index (χ4v) is 1.93. The van der Waals surface area contributed by atoms with Crippen LogP contribution in [0.5, 0.6) is 0 Å². The normalized spacial score (nSPS) is 19.9. The Morgan fingerprint density at radius 3 is 3.00 bits per heavy atom. The number of rotatable bonds is 0. The zero-order valence-corrected chi connectivity index (χ0v) is 7.76. The van der Waals surface area contributed by atoms with E-state index in [1.165, 1.54) is 6.07 Å². The summed E-state index contributed by atoms with van der Waals surface area (Å²) >= 11 is 0. The lowest BCUT2D eigenvalue weighted by molar-refractivity contribution is 0.537. The number of fused-ring (bicyclic) bond motifs is 1. The Balaban J connectivity index is 2.50. The Hall–Kier alpha value is -1.40. The molecular formula is C11H11FN2. The first kappa shape index (κ1) is 9.17. The molecule has 0 radical (unpaired) electrons. The molecule has 2 rings (SSSR count). The SMILES string of the molecule is N#Cc1cc(F)c2c(c1)CC(N)CC2. The average molecular weight is 190 g/mol. The van der Waals surface area contributed by atoms with Crippen molar-refractivity contribution in [2.45, 2.75) is 25.3 Å². The summed E-state index contributed by atoms with van der Waals surface area (Å²) in [6.07, 6.45) is 2.20. The highest BCUT2D eigenvalue weighted by atomic mass is 19.1. The highest BCUT2D eigenvalue weighted by molar-refractivity contribution is 5.41. The second kappa shape index (κ2) is 3.39. The van der Waals surface area contributed by atoms with Crippen molar-refractivity contribution in [3.05, 3.63) is 34.6 Å². The van der Waals surface area contributed by atoms with Crippen molar-refractivity contribution in [3.63, 3.8) is 0 Å². The standard InChI is InChI=1S/C11H11FN2/c12-11-4-7(6-13)3-8-5-9(14)1-2-10(8)11/h3-4,9H,1-2,5,14H2. The Morgan fingerprint density at radius 2 is 2.29 bits per heavy atom. The van der Waals surface area contributed by atoms with Gasteiger partial charge in [-0.3, -0.25) is 0 Å². The topological polar surface area (TPSA) is 49.8 Å². The summed E-state index contributed by atoms with van der Waals surface area (Å²) in [5.41, 5.74) is 7.81. The van der Waals surface area contributed by atoms with Crippen LogP contribution in [0.4, 0.5) is 4.39 Å². The van der Waals surface area contributed by atoms with E-state index in [2.05, 4.69) is 0 Å². The van der Waals surface area contributed by atoms with Crippen LogP contribution in [0.2, 0.25) is 0 Å². The minimum absolute atomic E-state index is 0.107. The van der Waals surface area contributed by atoms with E-state index in [1.54, 1.807) is 6.07 Å². The number of hydrogen-bond donors (Lipinski definition) is 1. The van der Waals surface area contributed by atoms with E-state index in [0.717, 1.165) is 17.5 Å². The average Bonchev–Trinajstić information content (AvgIpc) is 2.16. The van der Waals surface area contributed by atoms with Crippen molar-refractivity contribution >= 4 is 0 Å². The summed E-state index contributed by atoms with van der Waals surface area (Å²) in [6.45, 7) is 0. The summed E-state index contributed by atoms with van der Waals surface area (Å²) in [4.78, 5) is 0. The van der Waals surface area contributed by atoms with Gasteiger partial charge in [-0.1, -0.05) is 0 Å². The van der Waals surface area contributed by atoms with Crippen LogP contribution in [-0.2, 0) is 12.8 Å². The molecule has 2 N–H and O–H groups in total. The van der Waals surface area contributed by atoms with E-state index in [-0.39, 0.29) is 11.9 Å². The molecule has 1 unspecified atom stereocenters. The first-order chi connectivity index (χ1) is 6.70. The van der Waals surface area contributed by atoms with Crippen molar-refractivity contribution < 1.29 is 4.39 Å². The largest absolute Gasteiger partial charge is 0.327 e. The molecule has 1 aliphatic rings. The van der Waals surface area contributed by atoms with Gasteiger partial charge in [0, 0.05) is 6.04 Å². The van der Waals surface area contributed by atoms with E-state index >= 15 is 0 Å². The number of hydrogen-bond acceptors (Lipinski definition) is 2. The lowest BCUT2D eigenvalue weighted by atomic mass is 9.87. The van der Waals surface area contributed by atoms with Crippen molar-refractivity contribution in [2.24, 2.45) is 5.73 Å². The number of nitriles is 1. The van der Waals surface area contributed by atoms with Gasteiger partial charge in [0.15, 0.2) is 0 Å². The summed E-state index contributed by atoms with van der Waals surface area (Å²) in [7, 11) is 0. The van der Waals surface area contributed by atoms with E-state index in [1.807, 2.05) is 6.07 Å². The van der Waals surface area contributed by atoms with Crippen molar-refractivity contribution in [3.8, 4) is 6.07 Å². The molecule has 0 saturated heterocycles. The maximum atomic E-state index is 13.5. The molecular weight excluding hydrogens is 179 g/mol. The Kier molecular flexibility index (Phi) is 2.22. The lowest BCUT2D eigenvalue weighted by Gasteiger charge is -2.21. The van der Waals surface area contributed by atoms with Gasteiger partial charge < -0.3 is 5.73 Å². The summed E-state index contributed by atoms with van der Waals surface area (Å²) in [6, 6.07) is 5.11. The molecule has 1 aromatic rings. The fraction of sp³-hybridized carbons (Fsp3) is 0.364. The molecule has 0 aromatic heterocycles. The molecule has 1 aliphatic carbocycles. The summed E-state index contributed by atoms with van der Waals surface area (Å²) in [5, 5.41) is 8.68. The van der Waals surface area contributed by atoms with Gasteiger partial charge >= 0.3 is 0 Å². The van der Waals surface area contributed by atoms with E-state index in [4.69, 9.17) is 11.0 Å². The van der Waals surface area contributed by atoms with Gasteiger partial charge in [0.2, 0.25) is 0 Å². The number of nitrogens with two attached hydrogens (primary N) is 1. The molecule has 0 amide bonds. The minimum atomic E-state index is -0.258. The van der Waals surface area contributed by atoms with Gasteiger partial charge in [0.05, 0.1) is 11.6 Å². The van der Waals surface area contributed by atoms with E-state index in [0.29, 0.717) is 18.4 Å². The van der Waals surface area contributed by atoms with Crippen LogP contribution in [0.15, 0.2) is 12.1 Å². The zero-order chi connectivity index (χ0) is 10.1.